The van der Waals surface area contributed by atoms with Crippen molar-refractivity contribution in [2.75, 3.05) is 0 Å². The Bertz CT molecular complexity index is 491. The Hall–Kier alpha value is -2.27. The van der Waals surface area contributed by atoms with E-state index in [-0.39, 0.29) is 10.7 Å². The Labute approximate surface area is 110 Å². The van der Waals surface area contributed by atoms with E-state index in [1.165, 1.54) is 6.08 Å². The van der Waals surface area contributed by atoms with Gasteiger partial charge in [0.05, 0.1) is 0 Å². The van der Waals surface area contributed by atoms with E-state index in [0.717, 1.165) is 5.57 Å². The third-order valence-corrected chi connectivity index (χ3v) is 2.25. The molecule has 1 aliphatic heterocycles. The summed E-state index contributed by atoms with van der Waals surface area (Å²) in [4.78, 5) is 22.9. The molecule has 0 aromatic heterocycles. The van der Waals surface area contributed by atoms with Crippen LogP contribution in [0.25, 0.3) is 0 Å². The highest BCUT2D eigenvalue weighted by molar-refractivity contribution is 7.80. The van der Waals surface area contributed by atoms with Crippen molar-refractivity contribution in [3.63, 3.8) is 0 Å². The number of carbonyl (C=O) groups is 2. The Morgan fingerprint density at radius 3 is 2.28 bits per heavy atom. The lowest BCUT2D eigenvalue weighted by Crippen LogP contribution is -2.51. The van der Waals surface area contributed by atoms with Gasteiger partial charge in [-0.3, -0.25) is 20.2 Å². The van der Waals surface area contributed by atoms with Gasteiger partial charge in [-0.15, -0.1) is 0 Å². The molecule has 0 bridgehead atoms. The molecule has 0 aliphatic carbocycles. The van der Waals surface area contributed by atoms with Gasteiger partial charge in [0.15, 0.2) is 5.11 Å². The highest BCUT2D eigenvalue weighted by Gasteiger charge is 2.24. The molecule has 1 aliphatic rings. The molecule has 2 amide bonds. The van der Waals surface area contributed by atoms with Gasteiger partial charge in [-0.05, 0) is 23.9 Å². The lowest BCUT2D eigenvalue weighted by atomic mass is 10.1. The molecule has 0 spiro atoms. The van der Waals surface area contributed by atoms with Crippen LogP contribution in [0.3, 0.4) is 0 Å². The zero-order chi connectivity index (χ0) is 13.5. The summed E-state index contributed by atoms with van der Waals surface area (Å²) >= 11 is 4.68. The fraction of sp³-hybridized carbons (Fsp3) is 0. The van der Waals surface area contributed by atoms with Crippen LogP contribution in [0.4, 0.5) is 0 Å². The molecule has 1 heterocycles. The second-order valence-electron chi connectivity index (χ2n) is 3.28. The quantitative estimate of drug-likeness (QED) is 0.347. The van der Waals surface area contributed by atoms with E-state index < -0.39 is 11.8 Å². The Morgan fingerprint density at radius 1 is 1.17 bits per heavy atom. The summed E-state index contributed by atoms with van der Waals surface area (Å²) in [7, 11) is 0. The van der Waals surface area contributed by atoms with Crippen molar-refractivity contribution in [2.24, 2.45) is 0 Å². The van der Waals surface area contributed by atoms with E-state index in [9.17, 15) is 9.59 Å². The summed E-state index contributed by atoms with van der Waals surface area (Å²) in [6.45, 7) is 7.18. The third-order valence-electron chi connectivity index (χ3n) is 2.04. The van der Waals surface area contributed by atoms with Crippen molar-refractivity contribution in [2.45, 2.75) is 0 Å². The van der Waals surface area contributed by atoms with Crippen LogP contribution in [0.1, 0.15) is 0 Å². The van der Waals surface area contributed by atoms with Crippen LogP contribution in [-0.2, 0) is 9.59 Å². The lowest BCUT2D eigenvalue weighted by Gasteiger charge is -2.15. The molecule has 1 fully saturated rings. The molecule has 0 radical (unpaired) electrons. The maximum Gasteiger partial charge on any atom is 0.263 e. The van der Waals surface area contributed by atoms with Crippen LogP contribution < -0.4 is 10.6 Å². The summed E-state index contributed by atoms with van der Waals surface area (Å²) in [5.41, 5.74) is 0.816. The molecule has 5 heteroatoms. The van der Waals surface area contributed by atoms with Gasteiger partial charge in [0.2, 0.25) is 0 Å². The molecule has 0 saturated carbocycles. The number of hydrogen-bond donors (Lipinski definition) is 2. The van der Waals surface area contributed by atoms with Crippen LogP contribution in [0.5, 0.6) is 0 Å². The minimum absolute atomic E-state index is 0.00173. The second-order valence-corrected chi connectivity index (χ2v) is 3.69. The average Bonchev–Trinajstić information content (AvgIpc) is 2.31. The third kappa shape index (κ3) is 3.64. The SMILES string of the molecule is C=C/C=C(C=C)/C=C/C=C1C(=O)NC(=S)NC1=O. The number of nitrogens with one attached hydrogen (secondary N) is 2. The molecule has 18 heavy (non-hydrogen) atoms. The van der Waals surface area contributed by atoms with Crippen LogP contribution >= 0.6 is 12.2 Å². The number of rotatable bonds is 4. The monoisotopic (exact) mass is 260 g/mol. The molecule has 0 atom stereocenters. The van der Waals surface area contributed by atoms with Gasteiger partial charge < -0.3 is 0 Å². The zero-order valence-electron chi connectivity index (χ0n) is 9.60. The number of hydrogen-bond acceptors (Lipinski definition) is 3. The smallest absolute Gasteiger partial charge is 0.263 e. The Morgan fingerprint density at radius 2 is 1.78 bits per heavy atom. The number of amides is 2. The summed E-state index contributed by atoms with van der Waals surface area (Å²) in [6, 6.07) is 0. The van der Waals surface area contributed by atoms with E-state index in [1.54, 1.807) is 30.4 Å². The maximum atomic E-state index is 11.5. The van der Waals surface area contributed by atoms with E-state index in [0.29, 0.717) is 0 Å². The van der Waals surface area contributed by atoms with E-state index in [1.807, 2.05) is 0 Å². The van der Waals surface area contributed by atoms with Gasteiger partial charge >= 0.3 is 0 Å². The van der Waals surface area contributed by atoms with E-state index in [4.69, 9.17) is 0 Å². The summed E-state index contributed by atoms with van der Waals surface area (Å²) < 4.78 is 0. The van der Waals surface area contributed by atoms with Gasteiger partial charge in [0.1, 0.15) is 5.57 Å². The van der Waals surface area contributed by atoms with Gasteiger partial charge in [-0.25, -0.2) is 0 Å². The minimum Gasteiger partial charge on any atom is -0.299 e. The maximum absolute atomic E-state index is 11.5. The topological polar surface area (TPSA) is 58.2 Å². The van der Waals surface area contributed by atoms with E-state index in [2.05, 4.69) is 36.0 Å². The minimum atomic E-state index is -0.513. The van der Waals surface area contributed by atoms with Crippen LogP contribution in [-0.4, -0.2) is 16.9 Å². The highest BCUT2D eigenvalue weighted by atomic mass is 32.1. The molecule has 92 valence electrons. The van der Waals surface area contributed by atoms with E-state index >= 15 is 0 Å². The van der Waals surface area contributed by atoms with Crippen LogP contribution in [0.2, 0.25) is 0 Å². The molecule has 1 rings (SSSR count). The predicted molar refractivity (Wildman–Crippen MR) is 74.6 cm³/mol. The molecule has 0 aromatic carbocycles. The predicted octanol–water partition coefficient (Wildman–Crippen LogP) is 1.30. The Balaban J connectivity index is 2.87. The van der Waals surface area contributed by atoms with Crippen molar-refractivity contribution < 1.29 is 9.59 Å². The molecule has 4 nitrogen and oxygen atoms in total. The molecule has 1 saturated heterocycles. The molecular formula is C13H12N2O2S. The molecule has 2 N–H and O–H groups in total. The van der Waals surface area contributed by atoms with Crippen molar-refractivity contribution in [3.05, 3.63) is 60.8 Å². The average molecular weight is 260 g/mol. The first-order valence-electron chi connectivity index (χ1n) is 5.08. The fourth-order valence-corrected chi connectivity index (χ4v) is 1.40. The van der Waals surface area contributed by atoms with Gasteiger partial charge in [0, 0.05) is 0 Å². The van der Waals surface area contributed by atoms with Crippen LogP contribution in [0, 0.1) is 0 Å². The largest absolute Gasteiger partial charge is 0.299 e. The van der Waals surface area contributed by atoms with Gasteiger partial charge in [-0.2, -0.15) is 0 Å². The van der Waals surface area contributed by atoms with Gasteiger partial charge in [-0.1, -0.05) is 43.5 Å². The molecule has 0 unspecified atom stereocenters. The first-order chi connectivity index (χ1) is 8.58. The van der Waals surface area contributed by atoms with Gasteiger partial charge in [0.25, 0.3) is 11.8 Å². The lowest BCUT2D eigenvalue weighted by molar-refractivity contribution is -0.123. The first kappa shape index (κ1) is 13.8. The van der Waals surface area contributed by atoms with Crippen LogP contribution in [0.15, 0.2) is 60.8 Å². The van der Waals surface area contributed by atoms with Crippen molar-refractivity contribution in [3.8, 4) is 0 Å². The van der Waals surface area contributed by atoms with Crippen molar-refractivity contribution in [1.29, 1.82) is 0 Å². The number of carbonyl (C=O) groups excluding carboxylic acids is 2. The second kappa shape index (κ2) is 6.46. The highest BCUT2D eigenvalue weighted by Crippen LogP contribution is 2.03. The molecular weight excluding hydrogens is 248 g/mol. The molecule has 0 aromatic rings. The zero-order valence-corrected chi connectivity index (χ0v) is 10.4. The summed E-state index contributed by atoms with van der Waals surface area (Å²) in [5, 5.41) is 4.71. The summed E-state index contributed by atoms with van der Waals surface area (Å²) in [5.74, 6) is -1.03. The van der Waals surface area contributed by atoms with Crippen molar-refractivity contribution >= 4 is 29.1 Å². The summed E-state index contributed by atoms with van der Waals surface area (Å²) in [6.07, 6.45) is 9.69. The standard InChI is InChI=1S/C13H12N2O2S/c1-3-6-9(4-2)7-5-8-10-11(16)14-13(18)15-12(10)17/h3-8H,1-2H2,(H2,14,15,16,17,18)/b7-5+,9-6+. The van der Waals surface area contributed by atoms with Crippen molar-refractivity contribution in [1.82, 2.24) is 10.6 Å². The number of thiocarbonyl (C=S) groups is 1. The Kier molecular flexibility index (Phi) is 4.95. The normalized spacial score (nSPS) is 16.3. The first-order valence-corrected chi connectivity index (χ1v) is 5.49. The number of allylic oxidation sites excluding steroid dienone is 7. The fourth-order valence-electron chi connectivity index (χ4n) is 1.21.